The third kappa shape index (κ3) is 3.37. The number of nitrogen functional groups attached to an aromatic ring is 1. The Bertz CT molecular complexity index is 434. The molecule has 1 fully saturated rings. The van der Waals surface area contributed by atoms with Gasteiger partial charge >= 0.3 is 0 Å². The van der Waals surface area contributed by atoms with Crippen molar-refractivity contribution in [3.63, 3.8) is 0 Å². The summed E-state index contributed by atoms with van der Waals surface area (Å²) in [6.07, 6.45) is 4.65. The van der Waals surface area contributed by atoms with E-state index in [0.717, 1.165) is 30.8 Å². The van der Waals surface area contributed by atoms with Crippen molar-refractivity contribution in [2.45, 2.75) is 51.7 Å². The standard InChI is InChI=1S/C16H26N2O2/c1-12(2)20-15-9-6-8-14(16(15)17)18-10-5-3-4-7-13(18)11-19/h6,8-9,12-13,19H,3-5,7,10-11,17H2,1-2H3. The molecule has 1 heterocycles. The van der Waals surface area contributed by atoms with Gasteiger partial charge in [0.25, 0.3) is 0 Å². The average molecular weight is 278 g/mol. The summed E-state index contributed by atoms with van der Waals surface area (Å²) in [5.41, 5.74) is 7.95. The molecule has 1 unspecified atom stereocenters. The molecule has 2 rings (SSSR count). The Morgan fingerprint density at radius 2 is 2.15 bits per heavy atom. The van der Waals surface area contributed by atoms with E-state index in [1.807, 2.05) is 32.0 Å². The van der Waals surface area contributed by atoms with Gasteiger partial charge in [0.2, 0.25) is 0 Å². The minimum absolute atomic E-state index is 0.102. The van der Waals surface area contributed by atoms with Crippen LogP contribution < -0.4 is 15.4 Å². The Hall–Kier alpha value is -1.42. The lowest BCUT2D eigenvalue weighted by atomic mass is 10.1. The van der Waals surface area contributed by atoms with Crippen molar-refractivity contribution in [1.29, 1.82) is 0 Å². The quantitative estimate of drug-likeness (QED) is 0.832. The fraction of sp³-hybridized carbons (Fsp3) is 0.625. The molecule has 4 nitrogen and oxygen atoms in total. The Labute approximate surface area is 121 Å². The van der Waals surface area contributed by atoms with Crippen LogP contribution in [0.3, 0.4) is 0 Å². The number of benzene rings is 1. The number of hydrogen-bond acceptors (Lipinski definition) is 4. The normalized spacial score (nSPS) is 20.0. The van der Waals surface area contributed by atoms with Gasteiger partial charge in [0.1, 0.15) is 5.75 Å². The van der Waals surface area contributed by atoms with E-state index in [1.165, 1.54) is 12.8 Å². The maximum atomic E-state index is 9.64. The van der Waals surface area contributed by atoms with Crippen molar-refractivity contribution in [3.05, 3.63) is 18.2 Å². The summed E-state index contributed by atoms with van der Waals surface area (Å²) in [5, 5.41) is 9.64. The number of rotatable bonds is 4. The predicted molar refractivity (Wildman–Crippen MR) is 83.3 cm³/mol. The number of anilines is 2. The van der Waals surface area contributed by atoms with Gasteiger partial charge < -0.3 is 20.5 Å². The fourth-order valence-corrected chi connectivity index (χ4v) is 2.82. The van der Waals surface area contributed by atoms with E-state index in [2.05, 4.69) is 4.90 Å². The van der Waals surface area contributed by atoms with E-state index >= 15 is 0 Å². The smallest absolute Gasteiger partial charge is 0.144 e. The highest BCUT2D eigenvalue weighted by molar-refractivity contribution is 5.74. The Morgan fingerprint density at radius 3 is 2.85 bits per heavy atom. The molecule has 4 heteroatoms. The second-order valence-electron chi connectivity index (χ2n) is 5.73. The van der Waals surface area contributed by atoms with Gasteiger partial charge in [-0.1, -0.05) is 18.9 Å². The van der Waals surface area contributed by atoms with Gasteiger partial charge in [0, 0.05) is 6.54 Å². The largest absolute Gasteiger partial charge is 0.489 e. The maximum Gasteiger partial charge on any atom is 0.144 e. The molecular weight excluding hydrogens is 252 g/mol. The summed E-state index contributed by atoms with van der Waals surface area (Å²) < 4.78 is 5.76. The second-order valence-corrected chi connectivity index (χ2v) is 5.73. The van der Waals surface area contributed by atoms with Gasteiger partial charge in [0.05, 0.1) is 30.1 Å². The number of hydrogen-bond donors (Lipinski definition) is 2. The molecule has 20 heavy (non-hydrogen) atoms. The highest BCUT2D eigenvalue weighted by Gasteiger charge is 2.23. The molecule has 1 aromatic carbocycles. The first-order chi connectivity index (χ1) is 9.63. The number of aliphatic hydroxyl groups excluding tert-OH is 1. The molecule has 112 valence electrons. The van der Waals surface area contributed by atoms with Gasteiger partial charge in [-0.15, -0.1) is 0 Å². The minimum Gasteiger partial charge on any atom is -0.489 e. The van der Waals surface area contributed by atoms with E-state index in [4.69, 9.17) is 10.5 Å². The van der Waals surface area contributed by atoms with Crippen LogP contribution in [0.2, 0.25) is 0 Å². The van der Waals surface area contributed by atoms with E-state index in [-0.39, 0.29) is 18.8 Å². The predicted octanol–water partition coefficient (Wildman–Crippen LogP) is 2.80. The van der Waals surface area contributed by atoms with Crippen molar-refractivity contribution < 1.29 is 9.84 Å². The summed E-state index contributed by atoms with van der Waals surface area (Å²) in [5.74, 6) is 0.735. The van der Waals surface area contributed by atoms with Gasteiger partial charge in [-0.2, -0.15) is 0 Å². The summed E-state index contributed by atoms with van der Waals surface area (Å²) >= 11 is 0. The number of nitrogens with two attached hydrogens (primary N) is 1. The van der Waals surface area contributed by atoms with E-state index in [9.17, 15) is 5.11 Å². The zero-order valence-corrected chi connectivity index (χ0v) is 12.5. The maximum absolute atomic E-state index is 9.64. The summed E-state index contributed by atoms with van der Waals surface area (Å²) in [6, 6.07) is 6.07. The topological polar surface area (TPSA) is 58.7 Å². The van der Waals surface area contributed by atoms with Crippen LogP contribution >= 0.6 is 0 Å². The summed E-state index contributed by atoms with van der Waals surface area (Å²) in [7, 11) is 0. The molecule has 1 aliphatic heterocycles. The van der Waals surface area contributed by atoms with Crippen LogP contribution in [0.25, 0.3) is 0 Å². The number of nitrogens with zero attached hydrogens (tertiary/aromatic N) is 1. The van der Waals surface area contributed by atoms with Gasteiger partial charge in [-0.25, -0.2) is 0 Å². The third-order valence-corrected chi connectivity index (χ3v) is 3.80. The SMILES string of the molecule is CC(C)Oc1cccc(N2CCCCCC2CO)c1N. The molecule has 0 saturated carbocycles. The van der Waals surface area contributed by atoms with Crippen LogP contribution in [0.15, 0.2) is 18.2 Å². The monoisotopic (exact) mass is 278 g/mol. The Morgan fingerprint density at radius 1 is 1.35 bits per heavy atom. The fourth-order valence-electron chi connectivity index (χ4n) is 2.82. The molecule has 3 N–H and O–H groups in total. The molecule has 0 amide bonds. The van der Waals surface area contributed by atoms with Gasteiger partial charge in [-0.05, 0) is 38.8 Å². The first-order valence-electron chi connectivity index (χ1n) is 7.56. The lowest BCUT2D eigenvalue weighted by molar-refractivity contribution is 0.243. The van der Waals surface area contributed by atoms with Crippen LogP contribution in [-0.2, 0) is 0 Å². The van der Waals surface area contributed by atoms with Crippen LogP contribution in [0.1, 0.15) is 39.5 Å². The Balaban J connectivity index is 2.29. The molecular formula is C16H26N2O2. The van der Waals surface area contributed by atoms with E-state index in [0.29, 0.717) is 5.69 Å². The molecule has 1 atom stereocenters. The van der Waals surface area contributed by atoms with Crippen LogP contribution in [0, 0.1) is 0 Å². The number of ether oxygens (including phenoxy) is 1. The van der Waals surface area contributed by atoms with Gasteiger partial charge in [0.15, 0.2) is 0 Å². The van der Waals surface area contributed by atoms with E-state index < -0.39 is 0 Å². The number of para-hydroxylation sites is 1. The first kappa shape index (κ1) is 15.0. The zero-order valence-electron chi connectivity index (χ0n) is 12.5. The van der Waals surface area contributed by atoms with Crippen molar-refractivity contribution in [2.75, 3.05) is 23.8 Å². The Kier molecular flexibility index (Phi) is 5.12. The van der Waals surface area contributed by atoms with Crippen LogP contribution in [0.5, 0.6) is 5.75 Å². The van der Waals surface area contributed by atoms with Crippen LogP contribution in [-0.4, -0.2) is 30.4 Å². The molecule has 0 radical (unpaired) electrons. The van der Waals surface area contributed by atoms with E-state index in [1.54, 1.807) is 0 Å². The van der Waals surface area contributed by atoms with Crippen molar-refractivity contribution >= 4 is 11.4 Å². The molecule has 1 aromatic rings. The lowest BCUT2D eigenvalue weighted by Crippen LogP contribution is -2.38. The second kappa shape index (κ2) is 6.84. The molecule has 1 aliphatic rings. The van der Waals surface area contributed by atoms with Crippen molar-refractivity contribution in [2.24, 2.45) is 0 Å². The minimum atomic E-state index is 0.102. The zero-order chi connectivity index (χ0) is 14.5. The lowest BCUT2D eigenvalue weighted by Gasteiger charge is -2.32. The van der Waals surface area contributed by atoms with Gasteiger partial charge in [-0.3, -0.25) is 0 Å². The highest BCUT2D eigenvalue weighted by atomic mass is 16.5. The van der Waals surface area contributed by atoms with Crippen molar-refractivity contribution in [3.8, 4) is 5.75 Å². The third-order valence-electron chi connectivity index (χ3n) is 3.80. The molecule has 0 aliphatic carbocycles. The first-order valence-corrected chi connectivity index (χ1v) is 7.56. The average Bonchev–Trinajstić information content (AvgIpc) is 2.65. The highest BCUT2D eigenvalue weighted by Crippen LogP contribution is 2.35. The molecule has 0 bridgehead atoms. The van der Waals surface area contributed by atoms with Crippen LogP contribution in [0.4, 0.5) is 11.4 Å². The molecule has 0 spiro atoms. The molecule has 0 aromatic heterocycles. The van der Waals surface area contributed by atoms with Crippen molar-refractivity contribution in [1.82, 2.24) is 0 Å². The summed E-state index contributed by atoms with van der Waals surface area (Å²) in [4.78, 5) is 2.25. The molecule has 1 saturated heterocycles. The number of aliphatic hydroxyl groups is 1. The summed E-state index contributed by atoms with van der Waals surface area (Å²) in [6.45, 7) is 5.11.